The van der Waals surface area contributed by atoms with Crippen LogP contribution in [0.15, 0.2) is 29.2 Å². The quantitative estimate of drug-likeness (QED) is 0.788. The second kappa shape index (κ2) is 5.94. The number of hydrogen-bond acceptors (Lipinski definition) is 3. The minimum atomic E-state index is -4.02. The van der Waals surface area contributed by atoms with Crippen LogP contribution < -0.4 is 0 Å². The number of benzene rings is 1. The van der Waals surface area contributed by atoms with Gasteiger partial charge in [0.2, 0.25) is 0 Å². The van der Waals surface area contributed by atoms with E-state index >= 15 is 0 Å². The number of hydrogen-bond donors (Lipinski definition) is 0. The Kier molecular flexibility index (Phi) is 4.60. The van der Waals surface area contributed by atoms with E-state index in [2.05, 4.69) is 5.10 Å². The molecule has 1 heterocycles. The van der Waals surface area contributed by atoms with Crippen molar-refractivity contribution in [3.8, 4) is 5.69 Å². The first kappa shape index (κ1) is 16.3. The minimum Gasteiger partial charge on any atom is -0.221 e. The molecule has 0 radical (unpaired) electrons. The van der Waals surface area contributed by atoms with Gasteiger partial charge in [-0.15, -0.1) is 0 Å². The Morgan fingerprint density at radius 2 is 1.86 bits per heavy atom. The van der Waals surface area contributed by atoms with E-state index in [4.69, 9.17) is 22.3 Å². The van der Waals surface area contributed by atoms with Crippen LogP contribution in [0.4, 0.5) is 4.39 Å². The average molecular weight is 351 g/mol. The molecule has 0 spiro atoms. The van der Waals surface area contributed by atoms with Crippen LogP contribution in [-0.2, 0) is 15.5 Å². The largest absolute Gasteiger partial charge is 0.266 e. The van der Waals surface area contributed by atoms with Gasteiger partial charge in [0, 0.05) is 10.7 Å². The predicted octanol–water partition coefficient (Wildman–Crippen LogP) is 3.79. The van der Waals surface area contributed by atoms with Crippen LogP contribution in [0, 0.1) is 11.7 Å². The standard InChI is InChI=1S/C13H13Cl2FN2O2S/c1-8(2)7-11-12(21(15,19)20)13(14)18(17-11)10-5-3-9(16)4-6-10/h3-6,8H,7H2,1-2H3. The molecule has 0 unspecified atom stereocenters. The molecule has 8 heteroatoms. The van der Waals surface area contributed by atoms with Crippen molar-refractivity contribution in [3.63, 3.8) is 0 Å². The molecule has 0 aliphatic heterocycles. The van der Waals surface area contributed by atoms with Gasteiger partial charge >= 0.3 is 0 Å². The molecule has 1 aromatic heterocycles. The SMILES string of the molecule is CC(C)Cc1nn(-c2ccc(F)cc2)c(Cl)c1S(=O)(=O)Cl. The van der Waals surface area contributed by atoms with Crippen molar-refractivity contribution in [2.75, 3.05) is 0 Å². The number of aromatic nitrogens is 2. The molecule has 0 fully saturated rings. The van der Waals surface area contributed by atoms with Gasteiger partial charge in [0.25, 0.3) is 9.05 Å². The lowest BCUT2D eigenvalue weighted by molar-refractivity contribution is 0.600. The summed E-state index contributed by atoms with van der Waals surface area (Å²) in [6, 6.07) is 5.39. The lowest BCUT2D eigenvalue weighted by Crippen LogP contribution is -2.01. The molecular formula is C13H13Cl2FN2O2S. The Labute approximate surface area is 131 Å². The van der Waals surface area contributed by atoms with Crippen molar-refractivity contribution in [1.82, 2.24) is 9.78 Å². The fourth-order valence-corrected chi connectivity index (χ4v) is 3.79. The molecule has 0 atom stereocenters. The van der Waals surface area contributed by atoms with Gasteiger partial charge in [-0.3, -0.25) is 0 Å². The predicted molar refractivity (Wildman–Crippen MR) is 80.1 cm³/mol. The minimum absolute atomic E-state index is 0.104. The molecule has 0 saturated carbocycles. The summed E-state index contributed by atoms with van der Waals surface area (Å²) in [5, 5.41) is 4.11. The zero-order chi connectivity index (χ0) is 15.8. The molecule has 2 aromatic rings. The number of nitrogens with zero attached hydrogens (tertiary/aromatic N) is 2. The van der Waals surface area contributed by atoms with Crippen LogP contribution in [0.25, 0.3) is 5.69 Å². The summed E-state index contributed by atoms with van der Waals surface area (Å²) in [6.07, 6.45) is 0.412. The fraction of sp³-hybridized carbons (Fsp3) is 0.308. The molecule has 0 N–H and O–H groups in total. The Hall–Kier alpha value is -1.11. The molecule has 2 rings (SSSR count). The maximum atomic E-state index is 13.0. The van der Waals surface area contributed by atoms with Crippen LogP contribution >= 0.6 is 22.3 Å². The van der Waals surface area contributed by atoms with E-state index in [9.17, 15) is 12.8 Å². The monoisotopic (exact) mass is 350 g/mol. The summed E-state index contributed by atoms with van der Waals surface area (Å²) in [4.78, 5) is -0.191. The second-order valence-corrected chi connectivity index (χ2v) is 7.85. The Balaban J connectivity index is 2.64. The molecule has 4 nitrogen and oxygen atoms in total. The summed E-state index contributed by atoms with van der Waals surface area (Å²) < 4.78 is 37.7. The van der Waals surface area contributed by atoms with Crippen LogP contribution in [-0.4, -0.2) is 18.2 Å². The third kappa shape index (κ3) is 3.56. The van der Waals surface area contributed by atoms with Gasteiger partial charge in [0.15, 0.2) is 5.15 Å². The molecule has 114 valence electrons. The van der Waals surface area contributed by atoms with Crippen molar-refractivity contribution < 1.29 is 12.8 Å². The van der Waals surface area contributed by atoms with Gasteiger partial charge in [0.1, 0.15) is 10.7 Å². The highest BCUT2D eigenvalue weighted by Crippen LogP contribution is 2.31. The van der Waals surface area contributed by atoms with Gasteiger partial charge in [-0.25, -0.2) is 17.5 Å². The zero-order valence-electron chi connectivity index (χ0n) is 11.3. The van der Waals surface area contributed by atoms with Crippen molar-refractivity contribution in [2.24, 2.45) is 5.92 Å². The van der Waals surface area contributed by atoms with E-state index in [0.717, 1.165) is 0 Å². The van der Waals surface area contributed by atoms with E-state index in [-0.39, 0.29) is 16.0 Å². The Bertz CT molecular complexity index is 755. The average Bonchev–Trinajstić information content (AvgIpc) is 2.66. The summed E-state index contributed by atoms with van der Waals surface area (Å²) in [5.74, 6) is -0.232. The maximum absolute atomic E-state index is 13.0. The lowest BCUT2D eigenvalue weighted by Gasteiger charge is -2.02. The van der Waals surface area contributed by atoms with E-state index in [1.165, 1.54) is 28.9 Å². The van der Waals surface area contributed by atoms with Crippen LogP contribution in [0.3, 0.4) is 0 Å². The number of rotatable bonds is 4. The van der Waals surface area contributed by atoms with Gasteiger partial charge in [-0.2, -0.15) is 5.10 Å². The molecule has 0 saturated heterocycles. The Morgan fingerprint density at radius 1 is 1.29 bits per heavy atom. The third-order valence-corrected chi connectivity index (χ3v) is 4.61. The van der Waals surface area contributed by atoms with Crippen molar-refractivity contribution >= 4 is 31.3 Å². The maximum Gasteiger partial charge on any atom is 0.266 e. The molecule has 21 heavy (non-hydrogen) atoms. The summed E-state index contributed by atoms with van der Waals surface area (Å²) >= 11 is 6.12. The van der Waals surface area contributed by atoms with Crippen LogP contribution in [0.2, 0.25) is 5.15 Å². The van der Waals surface area contributed by atoms with E-state index < -0.39 is 14.9 Å². The van der Waals surface area contributed by atoms with E-state index in [1.807, 2.05) is 13.8 Å². The summed E-state index contributed by atoms with van der Waals surface area (Å²) in [6.45, 7) is 3.85. The first-order valence-corrected chi connectivity index (χ1v) is 8.87. The first-order valence-electron chi connectivity index (χ1n) is 6.18. The van der Waals surface area contributed by atoms with Gasteiger partial charge in [0.05, 0.1) is 11.4 Å². The van der Waals surface area contributed by atoms with Crippen molar-refractivity contribution in [2.45, 2.75) is 25.2 Å². The highest BCUT2D eigenvalue weighted by atomic mass is 35.7. The summed E-state index contributed by atoms with van der Waals surface area (Å²) in [7, 11) is 1.43. The normalized spacial score (nSPS) is 12.1. The van der Waals surface area contributed by atoms with Gasteiger partial charge in [-0.1, -0.05) is 25.4 Å². The highest BCUT2D eigenvalue weighted by Gasteiger charge is 2.27. The lowest BCUT2D eigenvalue weighted by atomic mass is 10.1. The van der Waals surface area contributed by atoms with Crippen LogP contribution in [0.1, 0.15) is 19.5 Å². The molecule has 0 amide bonds. The zero-order valence-corrected chi connectivity index (χ0v) is 13.7. The van der Waals surface area contributed by atoms with E-state index in [0.29, 0.717) is 17.8 Å². The smallest absolute Gasteiger partial charge is 0.221 e. The van der Waals surface area contributed by atoms with Gasteiger partial charge in [-0.05, 0) is 36.6 Å². The fourth-order valence-electron chi connectivity index (χ4n) is 1.94. The molecule has 0 aliphatic carbocycles. The second-order valence-electron chi connectivity index (χ2n) is 4.99. The molecular weight excluding hydrogens is 338 g/mol. The van der Waals surface area contributed by atoms with Crippen molar-refractivity contribution in [1.29, 1.82) is 0 Å². The Morgan fingerprint density at radius 3 is 2.33 bits per heavy atom. The summed E-state index contributed by atoms with van der Waals surface area (Å²) in [5.41, 5.74) is 0.757. The van der Waals surface area contributed by atoms with Gasteiger partial charge < -0.3 is 0 Å². The topological polar surface area (TPSA) is 52.0 Å². The molecule has 1 aromatic carbocycles. The van der Waals surface area contributed by atoms with Crippen LogP contribution in [0.5, 0.6) is 0 Å². The third-order valence-electron chi connectivity index (χ3n) is 2.77. The van der Waals surface area contributed by atoms with E-state index in [1.54, 1.807) is 0 Å². The highest BCUT2D eigenvalue weighted by molar-refractivity contribution is 8.13. The van der Waals surface area contributed by atoms with Crippen molar-refractivity contribution in [3.05, 3.63) is 40.9 Å². The number of halogens is 3. The molecule has 0 aliphatic rings. The first-order chi connectivity index (χ1) is 9.70. The molecule has 0 bridgehead atoms.